The van der Waals surface area contributed by atoms with Crippen molar-refractivity contribution in [2.45, 2.75) is 0 Å². The van der Waals surface area contributed by atoms with Crippen LogP contribution in [0.3, 0.4) is 0 Å². The van der Waals surface area contributed by atoms with Crippen LogP contribution < -0.4 is 28.4 Å². The first-order valence-electron chi connectivity index (χ1n) is 12.4. The van der Waals surface area contributed by atoms with Gasteiger partial charge in [-0.3, -0.25) is 0 Å². The quantitative estimate of drug-likeness (QED) is 0.212. The van der Waals surface area contributed by atoms with Crippen molar-refractivity contribution in [1.82, 2.24) is 9.97 Å². The van der Waals surface area contributed by atoms with E-state index >= 15 is 0 Å². The molecule has 4 aromatic rings. The van der Waals surface area contributed by atoms with Gasteiger partial charge in [-0.15, -0.1) is 0 Å². The Balaban J connectivity index is 1.75. The maximum Gasteiger partial charge on any atom is 0.161 e. The van der Waals surface area contributed by atoms with E-state index < -0.39 is 0 Å². The lowest BCUT2D eigenvalue weighted by Crippen LogP contribution is -1.97. The monoisotopic (exact) mass is 540 g/mol. The summed E-state index contributed by atoms with van der Waals surface area (Å²) < 4.78 is 32.5. The summed E-state index contributed by atoms with van der Waals surface area (Å²) in [5.41, 5.74) is 4.11. The van der Waals surface area contributed by atoms with Crippen molar-refractivity contribution in [1.29, 1.82) is 0 Å². The summed E-state index contributed by atoms with van der Waals surface area (Å²) in [5, 5.41) is 0. The Morgan fingerprint density at radius 2 is 0.825 bits per heavy atom. The second kappa shape index (κ2) is 13.2. The van der Waals surface area contributed by atoms with E-state index in [2.05, 4.69) is 0 Å². The van der Waals surface area contributed by atoms with E-state index in [1.807, 2.05) is 85.0 Å². The van der Waals surface area contributed by atoms with Crippen molar-refractivity contribution >= 4 is 24.3 Å². The molecule has 0 fully saturated rings. The van der Waals surface area contributed by atoms with Crippen LogP contribution in [0, 0.1) is 0 Å². The van der Waals surface area contributed by atoms with Crippen LogP contribution in [0.1, 0.15) is 22.5 Å². The zero-order valence-corrected chi connectivity index (χ0v) is 23.4. The molecule has 3 aromatic carbocycles. The molecule has 0 aliphatic carbocycles. The Hall–Kier alpha value is -4.98. The van der Waals surface area contributed by atoms with Gasteiger partial charge in [0.25, 0.3) is 0 Å². The molecule has 0 spiro atoms. The molecular formula is C32H32N2O6. The Bertz CT molecular complexity index is 1450. The van der Waals surface area contributed by atoms with Gasteiger partial charge >= 0.3 is 0 Å². The van der Waals surface area contributed by atoms with Crippen molar-refractivity contribution in [3.63, 3.8) is 0 Å². The van der Waals surface area contributed by atoms with Crippen LogP contribution in [0.25, 0.3) is 35.7 Å². The SMILES string of the molecule is COc1ccc(C=Cc2cc(C=Cc3ccc(OC)c(OC)c3)nc(-c3ccc(OC)c(OC)c3)n2)cc1OC. The molecule has 0 aliphatic heterocycles. The van der Waals surface area contributed by atoms with E-state index in [4.69, 9.17) is 38.4 Å². The molecule has 0 amide bonds. The van der Waals surface area contributed by atoms with E-state index in [0.29, 0.717) is 40.3 Å². The van der Waals surface area contributed by atoms with Crippen LogP contribution in [0.2, 0.25) is 0 Å². The summed E-state index contributed by atoms with van der Waals surface area (Å²) in [7, 11) is 9.65. The highest BCUT2D eigenvalue weighted by Gasteiger charge is 2.11. The number of hydrogen-bond acceptors (Lipinski definition) is 8. The lowest BCUT2D eigenvalue weighted by Gasteiger charge is -2.10. The van der Waals surface area contributed by atoms with Crippen LogP contribution in [0.15, 0.2) is 60.7 Å². The summed E-state index contributed by atoms with van der Waals surface area (Å²) >= 11 is 0. The molecule has 0 aliphatic rings. The van der Waals surface area contributed by atoms with Crippen LogP contribution >= 0.6 is 0 Å². The van der Waals surface area contributed by atoms with E-state index in [1.54, 1.807) is 42.7 Å². The van der Waals surface area contributed by atoms with Gasteiger partial charge in [0.2, 0.25) is 0 Å². The largest absolute Gasteiger partial charge is 0.493 e. The summed E-state index contributed by atoms with van der Waals surface area (Å²) in [6.45, 7) is 0. The van der Waals surface area contributed by atoms with Crippen molar-refractivity contribution < 1.29 is 28.4 Å². The maximum atomic E-state index is 5.50. The fourth-order valence-electron chi connectivity index (χ4n) is 4.04. The van der Waals surface area contributed by atoms with Gasteiger partial charge in [0, 0.05) is 5.56 Å². The summed E-state index contributed by atoms with van der Waals surface area (Å²) in [6.07, 6.45) is 7.79. The van der Waals surface area contributed by atoms with Crippen molar-refractivity contribution in [3.05, 3.63) is 83.2 Å². The minimum absolute atomic E-state index is 0.544. The number of hydrogen-bond donors (Lipinski definition) is 0. The van der Waals surface area contributed by atoms with Crippen molar-refractivity contribution in [2.75, 3.05) is 42.7 Å². The second-order valence-corrected chi connectivity index (χ2v) is 8.51. The van der Waals surface area contributed by atoms with Crippen LogP contribution in [-0.2, 0) is 0 Å². The molecule has 0 radical (unpaired) electrons. The predicted octanol–water partition coefficient (Wildman–Crippen LogP) is 6.54. The van der Waals surface area contributed by atoms with Gasteiger partial charge in [-0.25, -0.2) is 9.97 Å². The third-order valence-electron chi connectivity index (χ3n) is 6.12. The van der Waals surface area contributed by atoms with Gasteiger partial charge in [0.1, 0.15) is 0 Å². The summed E-state index contributed by atoms with van der Waals surface area (Å²) in [5.74, 6) is 4.40. The zero-order chi connectivity index (χ0) is 28.5. The molecule has 0 saturated carbocycles. The highest BCUT2D eigenvalue weighted by molar-refractivity contribution is 5.75. The molecule has 0 unspecified atom stereocenters. The molecule has 0 atom stereocenters. The maximum absolute atomic E-state index is 5.50. The van der Waals surface area contributed by atoms with Crippen LogP contribution in [-0.4, -0.2) is 52.6 Å². The number of rotatable bonds is 11. The molecule has 206 valence electrons. The molecule has 0 saturated heterocycles. The molecule has 0 bridgehead atoms. The van der Waals surface area contributed by atoms with Gasteiger partial charge < -0.3 is 28.4 Å². The third-order valence-corrected chi connectivity index (χ3v) is 6.12. The Kier molecular flexibility index (Phi) is 9.25. The Morgan fingerprint density at radius 3 is 1.25 bits per heavy atom. The first-order chi connectivity index (χ1) is 19.5. The number of methoxy groups -OCH3 is 6. The number of ether oxygens (including phenoxy) is 6. The smallest absolute Gasteiger partial charge is 0.161 e. The molecular weight excluding hydrogens is 508 g/mol. The van der Waals surface area contributed by atoms with Crippen molar-refractivity contribution in [2.24, 2.45) is 0 Å². The highest BCUT2D eigenvalue weighted by atomic mass is 16.5. The van der Waals surface area contributed by atoms with E-state index in [9.17, 15) is 0 Å². The first kappa shape index (κ1) is 28.0. The third kappa shape index (κ3) is 6.53. The number of nitrogens with zero attached hydrogens (tertiary/aromatic N) is 2. The average Bonchev–Trinajstić information content (AvgIpc) is 3.01. The summed E-state index contributed by atoms with van der Waals surface area (Å²) in [6, 6.07) is 19.0. The molecule has 8 heteroatoms. The Morgan fingerprint density at radius 1 is 0.425 bits per heavy atom. The van der Waals surface area contributed by atoms with Crippen LogP contribution in [0.4, 0.5) is 0 Å². The van der Waals surface area contributed by atoms with Crippen molar-refractivity contribution in [3.8, 4) is 45.9 Å². The number of aromatic nitrogens is 2. The predicted molar refractivity (Wildman–Crippen MR) is 158 cm³/mol. The molecule has 8 nitrogen and oxygen atoms in total. The molecule has 1 heterocycles. The fourth-order valence-corrected chi connectivity index (χ4v) is 4.04. The van der Waals surface area contributed by atoms with E-state index in [0.717, 1.165) is 28.1 Å². The molecule has 1 aromatic heterocycles. The van der Waals surface area contributed by atoms with Gasteiger partial charge in [0.15, 0.2) is 40.3 Å². The lowest BCUT2D eigenvalue weighted by molar-refractivity contribution is 0.355. The first-order valence-corrected chi connectivity index (χ1v) is 12.4. The summed E-state index contributed by atoms with van der Waals surface area (Å²) in [4.78, 5) is 9.62. The number of benzene rings is 3. The zero-order valence-electron chi connectivity index (χ0n) is 23.4. The van der Waals surface area contributed by atoms with Gasteiger partial charge in [-0.1, -0.05) is 24.3 Å². The van der Waals surface area contributed by atoms with Gasteiger partial charge in [0.05, 0.1) is 54.0 Å². The average molecular weight is 541 g/mol. The lowest BCUT2D eigenvalue weighted by atomic mass is 10.1. The minimum atomic E-state index is 0.544. The van der Waals surface area contributed by atoms with Gasteiger partial charge in [-0.2, -0.15) is 0 Å². The Labute approximate surface area is 234 Å². The highest BCUT2D eigenvalue weighted by Crippen LogP contribution is 2.32. The standard InChI is InChI=1S/C32H32N2O6/c1-35-26-14-9-21(17-29(26)38-4)7-12-24-20-25(13-8-22-10-15-27(36-2)30(18-22)39-5)34-32(33-24)23-11-16-28(37-3)31(19-23)40-6/h7-20H,1-6H3. The second-order valence-electron chi connectivity index (χ2n) is 8.51. The van der Waals surface area contributed by atoms with Crippen LogP contribution in [0.5, 0.6) is 34.5 Å². The van der Waals surface area contributed by atoms with Gasteiger partial charge in [-0.05, 0) is 71.8 Å². The normalized spacial score (nSPS) is 11.1. The minimum Gasteiger partial charge on any atom is -0.493 e. The fraction of sp³-hybridized carbons (Fsp3) is 0.188. The topological polar surface area (TPSA) is 81.2 Å². The molecule has 0 N–H and O–H groups in total. The molecule has 40 heavy (non-hydrogen) atoms. The van der Waals surface area contributed by atoms with E-state index in [-0.39, 0.29) is 0 Å². The molecule has 4 rings (SSSR count). The van der Waals surface area contributed by atoms with E-state index in [1.165, 1.54) is 0 Å².